The van der Waals surface area contributed by atoms with Gasteiger partial charge >= 0.3 is 0 Å². The molecular formula is C19H20FN5O. The van der Waals surface area contributed by atoms with Gasteiger partial charge in [-0.2, -0.15) is 10.1 Å². The number of nitrogens with one attached hydrogen (secondary N) is 2. The van der Waals surface area contributed by atoms with Gasteiger partial charge in [0, 0.05) is 6.54 Å². The number of aromatic nitrogens is 3. The smallest absolute Gasteiger partial charge is 0.244 e. The normalized spacial score (nSPS) is 10.6. The average Bonchev–Trinajstić information content (AvgIpc) is 2.63. The summed E-state index contributed by atoms with van der Waals surface area (Å²) >= 11 is 0. The van der Waals surface area contributed by atoms with Crippen LogP contribution in [-0.2, 0) is 6.54 Å². The van der Waals surface area contributed by atoms with Crippen molar-refractivity contribution < 1.29 is 9.13 Å². The molecule has 0 bridgehead atoms. The van der Waals surface area contributed by atoms with E-state index in [1.54, 1.807) is 12.1 Å². The van der Waals surface area contributed by atoms with Gasteiger partial charge in [0.1, 0.15) is 11.6 Å². The zero-order chi connectivity index (χ0) is 18.4. The maximum Gasteiger partial charge on any atom is 0.244 e. The highest BCUT2D eigenvalue weighted by molar-refractivity contribution is 5.64. The Balaban J connectivity index is 1.69. The van der Waals surface area contributed by atoms with Gasteiger partial charge in [0.15, 0.2) is 5.82 Å². The van der Waals surface area contributed by atoms with Crippen LogP contribution in [0.15, 0.2) is 54.7 Å². The van der Waals surface area contributed by atoms with Crippen LogP contribution in [0.4, 0.5) is 21.8 Å². The summed E-state index contributed by atoms with van der Waals surface area (Å²) in [5.41, 5.74) is 1.72. The van der Waals surface area contributed by atoms with Crippen molar-refractivity contribution in [2.45, 2.75) is 26.5 Å². The van der Waals surface area contributed by atoms with Gasteiger partial charge in [-0.3, -0.25) is 0 Å². The maximum atomic E-state index is 12.9. The molecule has 0 amide bonds. The molecule has 7 heteroatoms. The maximum absolute atomic E-state index is 12.9. The molecule has 0 aliphatic carbocycles. The first-order valence-corrected chi connectivity index (χ1v) is 8.31. The number of rotatable bonds is 7. The van der Waals surface area contributed by atoms with E-state index in [1.807, 2.05) is 38.1 Å². The highest BCUT2D eigenvalue weighted by Crippen LogP contribution is 2.27. The zero-order valence-electron chi connectivity index (χ0n) is 14.6. The molecule has 0 aliphatic rings. The molecule has 1 aromatic heterocycles. The number of hydrogen-bond donors (Lipinski definition) is 2. The van der Waals surface area contributed by atoms with Crippen molar-refractivity contribution >= 4 is 17.5 Å². The number of nitrogens with zero attached hydrogens (tertiary/aromatic N) is 3. The number of anilines is 3. The lowest BCUT2D eigenvalue weighted by atomic mass is 10.2. The third-order valence-corrected chi connectivity index (χ3v) is 3.44. The summed E-state index contributed by atoms with van der Waals surface area (Å²) < 4.78 is 18.7. The molecule has 1 heterocycles. The lowest BCUT2D eigenvalue weighted by molar-refractivity contribution is 0.244. The zero-order valence-corrected chi connectivity index (χ0v) is 14.6. The third-order valence-electron chi connectivity index (χ3n) is 3.44. The van der Waals surface area contributed by atoms with E-state index >= 15 is 0 Å². The second-order valence-electron chi connectivity index (χ2n) is 5.93. The molecule has 0 aliphatic heterocycles. The molecule has 2 aromatic carbocycles. The molecule has 0 spiro atoms. The number of hydrogen-bond acceptors (Lipinski definition) is 6. The molecule has 3 aromatic rings. The van der Waals surface area contributed by atoms with Gasteiger partial charge in [-0.1, -0.05) is 24.3 Å². The van der Waals surface area contributed by atoms with Gasteiger partial charge in [0.25, 0.3) is 0 Å². The van der Waals surface area contributed by atoms with Crippen molar-refractivity contribution in [1.82, 2.24) is 15.2 Å². The van der Waals surface area contributed by atoms with Gasteiger partial charge in [-0.05, 0) is 43.7 Å². The molecule has 3 rings (SSSR count). The largest absolute Gasteiger partial charge is 0.489 e. The van der Waals surface area contributed by atoms with Crippen LogP contribution in [0.5, 0.6) is 5.75 Å². The Kier molecular flexibility index (Phi) is 5.58. The summed E-state index contributed by atoms with van der Waals surface area (Å²) in [5, 5.41) is 14.2. The summed E-state index contributed by atoms with van der Waals surface area (Å²) in [6.07, 6.45) is 1.60. The Morgan fingerprint density at radius 2 is 1.85 bits per heavy atom. The molecule has 0 unspecified atom stereocenters. The van der Waals surface area contributed by atoms with Crippen LogP contribution in [0.1, 0.15) is 19.4 Å². The minimum absolute atomic E-state index is 0.0643. The second kappa shape index (κ2) is 8.24. The number of benzene rings is 2. The highest BCUT2D eigenvalue weighted by Gasteiger charge is 2.07. The molecule has 0 fully saturated rings. The van der Waals surface area contributed by atoms with Crippen molar-refractivity contribution in [2.24, 2.45) is 0 Å². The summed E-state index contributed by atoms with van der Waals surface area (Å²) in [7, 11) is 0. The first-order chi connectivity index (χ1) is 12.6. The van der Waals surface area contributed by atoms with E-state index in [2.05, 4.69) is 25.8 Å². The van der Waals surface area contributed by atoms with E-state index in [1.165, 1.54) is 18.3 Å². The van der Waals surface area contributed by atoms with E-state index in [9.17, 15) is 4.39 Å². The lowest BCUT2D eigenvalue weighted by Crippen LogP contribution is -2.09. The molecule has 6 nitrogen and oxygen atoms in total. The molecule has 0 radical (unpaired) electrons. The van der Waals surface area contributed by atoms with E-state index in [0.29, 0.717) is 18.3 Å². The van der Waals surface area contributed by atoms with Crippen molar-refractivity contribution in [3.63, 3.8) is 0 Å². The predicted octanol–water partition coefficient (Wildman–Crippen LogP) is 4.15. The van der Waals surface area contributed by atoms with Gasteiger partial charge < -0.3 is 15.4 Å². The standard InChI is InChI=1S/C19H20FN5O/c1-13(2)26-17-6-4-3-5-16(17)23-18-12-22-25-19(24-18)21-11-14-7-9-15(20)10-8-14/h3-10,12-13H,11H2,1-2H3,(H2,21,23,24,25). The van der Waals surface area contributed by atoms with Crippen LogP contribution in [0.3, 0.4) is 0 Å². The van der Waals surface area contributed by atoms with E-state index in [-0.39, 0.29) is 11.9 Å². The molecule has 134 valence electrons. The summed E-state index contributed by atoms with van der Waals surface area (Å²) in [4.78, 5) is 4.40. The van der Waals surface area contributed by atoms with Crippen LogP contribution in [-0.4, -0.2) is 21.3 Å². The Labute approximate surface area is 151 Å². The molecule has 2 N–H and O–H groups in total. The topological polar surface area (TPSA) is 72.0 Å². The molecule has 0 saturated carbocycles. The van der Waals surface area contributed by atoms with Gasteiger partial charge in [-0.15, -0.1) is 5.10 Å². The number of halogens is 1. The van der Waals surface area contributed by atoms with Gasteiger partial charge in [0.05, 0.1) is 18.0 Å². The minimum atomic E-state index is -0.264. The first kappa shape index (κ1) is 17.6. The Hall–Kier alpha value is -3.22. The fourth-order valence-electron chi connectivity index (χ4n) is 2.29. The van der Waals surface area contributed by atoms with Crippen molar-refractivity contribution in [2.75, 3.05) is 10.6 Å². The van der Waals surface area contributed by atoms with E-state index < -0.39 is 0 Å². The minimum Gasteiger partial charge on any atom is -0.489 e. The second-order valence-corrected chi connectivity index (χ2v) is 5.93. The monoisotopic (exact) mass is 353 g/mol. The van der Waals surface area contributed by atoms with Gasteiger partial charge in [-0.25, -0.2) is 4.39 Å². The van der Waals surface area contributed by atoms with Crippen LogP contribution < -0.4 is 15.4 Å². The van der Waals surface area contributed by atoms with Gasteiger partial charge in [0.2, 0.25) is 5.95 Å². The molecule has 0 saturated heterocycles. The quantitative estimate of drug-likeness (QED) is 0.665. The summed E-state index contributed by atoms with van der Waals surface area (Å²) in [6, 6.07) is 13.9. The number of ether oxygens (including phenoxy) is 1. The predicted molar refractivity (Wildman–Crippen MR) is 99.0 cm³/mol. The third kappa shape index (κ3) is 4.89. The Morgan fingerprint density at radius 3 is 2.62 bits per heavy atom. The Bertz CT molecular complexity index is 855. The van der Waals surface area contributed by atoms with E-state index in [4.69, 9.17) is 4.74 Å². The average molecular weight is 353 g/mol. The molecule has 0 atom stereocenters. The van der Waals surface area contributed by atoms with E-state index in [0.717, 1.165) is 17.0 Å². The van der Waals surface area contributed by atoms with Crippen LogP contribution in [0.2, 0.25) is 0 Å². The lowest BCUT2D eigenvalue weighted by Gasteiger charge is -2.15. The van der Waals surface area contributed by atoms with Crippen LogP contribution in [0, 0.1) is 5.82 Å². The van der Waals surface area contributed by atoms with Crippen molar-refractivity contribution in [1.29, 1.82) is 0 Å². The highest BCUT2D eigenvalue weighted by atomic mass is 19.1. The summed E-state index contributed by atoms with van der Waals surface area (Å²) in [5.74, 6) is 1.39. The molecular weight excluding hydrogens is 333 g/mol. The Morgan fingerprint density at radius 1 is 1.08 bits per heavy atom. The van der Waals surface area contributed by atoms with Crippen molar-refractivity contribution in [3.8, 4) is 5.75 Å². The van der Waals surface area contributed by atoms with Crippen LogP contribution >= 0.6 is 0 Å². The fraction of sp³-hybridized carbons (Fsp3) is 0.211. The number of para-hydroxylation sites is 2. The molecule has 26 heavy (non-hydrogen) atoms. The fourth-order valence-corrected chi connectivity index (χ4v) is 2.29. The first-order valence-electron chi connectivity index (χ1n) is 8.31. The van der Waals surface area contributed by atoms with Crippen LogP contribution in [0.25, 0.3) is 0 Å². The SMILES string of the molecule is CC(C)Oc1ccccc1Nc1cnnc(NCc2ccc(F)cc2)n1. The summed E-state index contributed by atoms with van der Waals surface area (Å²) in [6.45, 7) is 4.42. The van der Waals surface area contributed by atoms with Crippen molar-refractivity contribution in [3.05, 3.63) is 66.1 Å².